The van der Waals surface area contributed by atoms with Crippen LogP contribution < -0.4 is 11.1 Å². The van der Waals surface area contributed by atoms with E-state index in [4.69, 9.17) is 17.3 Å². The van der Waals surface area contributed by atoms with Gasteiger partial charge in [-0.3, -0.25) is 4.79 Å². The molecule has 74 valence electrons. The molecule has 1 amide bonds. The lowest BCUT2D eigenvalue weighted by molar-refractivity contribution is -0.111. The first-order valence-electron chi connectivity index (χ1n) is 4.09. The molecule has 1 aromatic carbocycles. The lowest BCUT2D eigenvalue weighted by Gasteiger charge is -2.03. The van der Waals surface area contributed by atoms with Crippen LogP contribution in [0.4, 0.5) is 5.69 Å². The van der Waals surface area contributed by atoms with Crippen molar-refractivity contribution in [1.29, 1.82) is 0 Å². The van der Waals surface area contributed by atoms with Gasteiger partial charge in [-0.1, -0.05) is 23.7 Å². The summed E-state index contributed by atoms with van der Waals surface area (Å²) in [4.78, 5) is 11.2. The smallest absolute Gasteiger partial charge is 0.250 e. The quantitative estimate of drug-likeness (QED) is 0.735. The molecule has 14 heavy (non-hydrogen) atoms. The van der Waals surface area contributed by atoms with E-state index in [1.54, 1.807) is 31.2 Å². The average Bonchev–Trinajstić information content (AvgIpc) is 2.07. The van der Waals surface area contributed by atoms with E-state index >= 15 is 0 Å². The van der Waals surface area contributed by atoms with E-state index in [-0.39, 0.29) is 5.91 Å². The summed E-state index contributed by atoms with van der Waals surface area (Å²) in [6, 6.07) is 7.01. The van der Waals surface area contributed by atoms with Crippen LogP contribution in [0.5, 0.6) is 0 Å². The fourth-order valence-corrected chi connectivity index (χ4v) is 1.12. The molecule has 0 bridgehead atoms. The van der Waals surface area contributed by atoms with E-state index in [1.165, 1.54) is 6.08 Å². The maximum absolute atomic E-state index is 11.2. The van der Waals surface area contributed by atoms with E-state index in [9.17, 15) is 4.79 Å². The highest BCUT2D eigenvalue weighted by atomic mass is 35.5. The van der Waals surface area contributed by atoms with Gasteiger partial charge in [0.1, 0.15) is 0 Å². The molecular weight excluding hydrogens is 200 g/mol. The van der Waals surface area contributed by atoms with Crippen molar-refractivity contribution in [2.45, 2.75) is 6.92 Å². The molecule has 0 unspecified atom stereocenters. The predicted molar refractivity (Wildman–Crippen MR) is 58.0 cm³/mol. The van der Waals surface area contributed by atoms with Crippen molar-refractivity contribution in [1.82, 2.24) is 0 Å². The van der Waals surface area contributed by atoms with Crippen LogP contribution in [0.3, 0.4) is 0 Å². The molecule has 0 fully saturated rings. The Morgan fingerprint density at radius 3 is 2.71 bits per heavy atom. The molecule has 0 radical (unpaired) electrons. The minimum absolute atomic E-state index is 0.280. The Labute approximate surface area is 87.6 Å². The van der Waals surface area contributed by atoms with Gasteiger partial charge in [0.2, 0.25) is 5.91 Å². The average molecular weight is 211 g/mol. The van der Waals surface area contributed by atoms with Crippen LogP contribution in [0, 0.1) is 0 Å². The van der Waals surface area contributed by atoms with Crippen LogP contribution >= 0.6 is 11.6 Å². The molecule has 1 rings (SSSR count). The van der Waals surface area contributed by atoms with Gasteiger partial charge >= 0.3 is 0 Å². The fraction of sp³-hybridized carbons (Fsp3) is 0.100. The predicted octanol–water partition coefficient (Wildman–Crippen LogP) is 2.14. The minimum Gasteiger partial charge on any atom is -0.402 e. The summed E-state index contributed by atoms with van der Waals surface area (Å²) >= 11 is 5.84. The standard InChI is InChI=1S/C10H11ClN2O/c1-7(12)6-10(14)13-9-5-3-2-4-8(9)11/h2-6H,12H2,1H3,(H,13,14)/b7-6-. The third-order valence-electron chi connectivity index (χ3n) is 1.49. The van der Waals surface area contributed by atoms with E-state index in [1.807, 2.05) is 0 Å². The number of allylic oxidation sites excluding steroid dienone is 1. The summed E-state index contributed by atoms with van der Waals surface area (Å²) in [6.45, 7) is 1.65. The maximum atomic E-state index is 11.2. The largest absolute Gasteiger partial charge is 0.402 e. The molecule has 0 aliphatic heterocycles. The fourth-order valence-electron chi connectivity index (χ4n) is 0.938. The molecule has 0 aliphatic rings. The Hall–Kier alpha value is -1.48. The van der Waals surface area contributed by atoms with Crippen molar-refractivity contribution in [3.8, 4) is 0 Å². The molecule has 1 aromatic rings. The molecule has 0 saturated heterocycles. The summed E-state index contributed by atoms with van der Waals surface area (Å²) in [6.07, 6.45) is 1.31. The SMILES string of the molecule is C/C(N)=C/C(=O)Nc1ccccc1Cl. The van der Waals surface area contributed by atoms with E-state index in [2.05, 4.69) is 5.32 Å². The number of benzene rings is 1. The Kier molecular flexibility index (Phi) is 3.54. The van der Waals surface area contributed by atoms with Crippen molar-refractivity contribution in [3.05, 3.63) is 41.1 Å². The highest BCUT2D eigenvalue weighted by molar-refractivity contribution is 6.33. The van der Waals surface area contributed by atoms with Crippen LogP contribution in [0.2, 0.25) is 5.02 Å². The Morgan fingerprint density at radius 2 is 2.14 bits per heavy atom. The van der Waals surface area contributed by atoms with Crippen LogP contribution in [0.25, 0.3) is 0 Å². The van der Waals surface area contributed by atoms with E-state index in [0.717, 1.165) is 0 Å². The first-order chi connectivity index (χ1) is 6.59. The highest BCUT2D eigenvalue weighted by Crippen LogP contribution is 2.20. The van der Waals surface area contributed by atoms with Crippen molar-refractivity contribution < 1.29 is 4.79 Å². The van der Waals surface area contributed by atoms with Gasteiger partial charge in [0.25, 0.3) is 0 Å². The number of carbonyl (C=O) groups excluding carboxylic acids is 1. The zero-order chi connectivity index (χ0) is 10.6. The molecule has 4 heteroatoms. The van der Waals surface area contributed by atoms with Gasteiger partial charge in [0, 0.05) is 11.8 Å². The Bertz CT molecular complexity index is 370. The Balaban J connectivity index is 2.75. The van der Waals surface area contributed by atoms with Gasteiger partial charge in [-0.2, -0.15) is 0 Å². The monoisotopic (exact) mass is 210 g/mol. The first-order valence-corrected chi connectivity index (χ1v) is 4.46. The number of nitrogens with two attached hydrogens (primary N) is 1. The molecule has 0 saturated carbocycles. The van der Waals surface area contributed by atoms with E-state index in [0.29, 0.717) is 16.4 Å². The normalized spacial score (nSPS) is 11.1. The molecule has 0 aliphatic carbocycles. The lowest BCUT2D eigenvalue weighted by Crippen LogP contribution is -2.10. The first kappa shape index (κ1) is 10.6. The van der Waals surface area contributed by atoms with Crippen LogP contribution in [-0.4, -0.2) is 5.91 Å². The zero-order valence-corrected chi connectivity index (χ0v) is 8.51. The molecular formula is C10H11ClN2O. The molecule has 0 heterocycles. The van der Waals surface area contributed by atoms with Gasteiger partial charge in [-0.15, -0.1) is 0 Å². The number of anilines is 1. The summed E-state index contributed by atoms with van der Waals surface area (Å²) < 4.78 is 0. The summed E-state index contributed by atoms with van der Waals surface area (Å²) in [5, 5.41) is 3.12. The second-order valence-corrected chi connectivity index (χ2v) is 3.26. The van der Waals surface area contributed by atoms with Gasteiger partial charge in [0.05, 0.1) is 10.7 Å². The van der Waals surface area contributed by atoms with Crippen molar-refractivity contribution in [2.75, 3.05) is 5.32 Å². The Morgan fingerprint density at radius 1 is 1.50 bits per heavy atom. The lowest BCUT2D eigenvalue weighted by atomic mass is 10.3. The number of carbonyl (C=O) groups is 1. The summed E-state index contributed by atoms with van der Waals surface area (Å²) in [5.74, 6) is -0.280. The second kappa shape index (κ2) is 4.67. The maximum Gasteiger partial charge on any atom is 0.250 e. The molecule has 3 N–H and O–H groups in total. The number of nitrogens with one attached hydrogen (secondary N) is 1. The van der Waals surface area contributed by atoms with Crippen molar-refractivity contribution in [2.24, 2.45) is 5.73 Å². The number of rotatable bonds is 2. The van der Waals surface area contributed by atoms with Gasteiger partial charge < -0.3 is 11.1 Å². The third kappa shape index (κ3) is 3.11. The van der Waals surface area contributed by atoms with Crippen molar-refractivity contribution in [3.63, 3.8) is 0 Å². The summed E-state index contributed by atoms with van der Waals surface area (Å²) in [7, 11) is 0. The van der Waals surface area contributed by atoms with Crippen molar-refractivity contribution >= 4 is 23.2 Å². The number of halogens is 1. The highest BCUT2D eigenvalue weighted by Gasteiger charge is 2.01. The number of hydrogen-bond acceptors (Lipinski definition) is 2. The number of para-hydroxylation sites is 1. The summed E-state index contributed by atoms with van der Waals surface area (Å²) in [5.41, 5.74) is 6.39. The van der Waals surface area contributed by atoms with Gasteiger partial charge in [-0.25, -0.2) is 0 Å². The molecule has 0 spiro atoms. The zero-order valence-electron chi connectivity index (χ0n) is 7.75. The van der Waals surface area contributed by atoms with Crippen LogP contribution in [0.1, 0.15) is 6.92 Å². The van der Waals surface area contributed by atoms with Crippen LogP contribution in [0.15, 0.2) is 36.0 Å². The minimum atomic E-state index is -0.280. The van der Waals surface area contributed by atoms with Gasteiger partial charge in [-0.05, 0) is 19.1 Å². The second-order valence-electron chi connectivity index (χ2n) is 2.86. The topological polar surface area (TPSA) is 55.1 Å². The number of hydrogen-bond donors (Lipinski definition) is 2. The van der Waals surface area contributed by atoms with Crippen LogP contribution in [-0.2, 0) is 4.79 Å². The third-order valence-corrected chi connectivity index (χ3v) is 1.82. The molecule has 0 aromatic heterocycles. The number of amides is 1. The molecule has 3 nitrogen and oxygen atoms in total. The molecule has 0 atom stereocenters. The van der Waals surface area contributed by atoms with E-state index < -0.39 is 0 Å². The van der Waals surface area contributed by atoms with Gasteiger partial charge in [0.15, 0.2) is 0 Å².